The Morgan fingerprint density at radius 3 is 2.59 bits per heavy atom. The van der Waals surface area contributed by atoms with Gasteiger partial charge < -0.3 is 15.4 Å². The quantitative estimate of drug-likeness (QED) is 0.731. The van der Waals surface area contributed by atoms with Gasteiger partial charge in [-0.1, -0.05) is 24.8 Å². The van der Waals surface area contributed by atoms with Crippen molar-refractivity contribution in [1.82, 2.24) is 0 Å². The van der Waals surface area contributed by atoms with Crippen molar-refractivity contribution in [2.45, 2.75) is 0 Å². The third-order valence-corrected chi connectivity index (χ3v) is 3.51. The van der Waals surface area contributed by atoms with E-state index in [4.69, 9.17) is 4.74 Å². The fourth-order valence-corrected chi connectivity index (χ4v) is 2.20. The summed E-state index contributed by atoms with van der Waals surface area (Å²) in [5, 5.41) is 5.90. The Labute approximate surface area is 138 Å². The standard InChI is InChI=1S/C17H17BrN2O2/c1-2-11-22-14-9-7-13(8-10-14)20-17(21)12-19-16-6-4-3-5-15(16)18/h2-10,19H,1,11-12H2,(H,20,21). The van der Waals surface area contributed by atoms with E-state index in [0.29, 0.717) is 6.61 Å². The van der Waals surface area contributed by atoms with Crippen LogP contribution >= 0.6 is 15.9 Å². The summed E-state index contributed by atoms with van der Waals surface area (Å²) < 4.78 is 6.31. The smallest absolute Gasteiger partial charge is 0.243 e. The van der Waals surface area contributed by atoms with Crippen molar-refractivity contribution in [3.8, 4) is 5.75 Å². The van der Waals surface area contributed by atoms with Crippen LogP contribution < -0.4 is 15.4 Å². The minimum absolute atomic E-state index is 0.115. The fraction of sp³-hybridized carbons (Fsp3) is 0.118. The van der Waals surface area contributed by atoms with Gasteiger partial charge in [0.05, 0.1) is 6.54 Å². The Morgan fingerprint density at radius 1 is 1.18 bits per heavy atom. The second-order valence-corrected chi connectivity index (χ2v) is 5.36. The summed E-state index contributed by atoms with van der Waals surface area (Å²) in [5.41, 5.74) is 1.61. The molecule has 5 heteroatoms. The van der Waals surface area contributed by atoms with Crippen LogP contribution in [0.1, 0.15) is 0 Å². The Morgan fingerprint density at radius 2 is 1.91 bits per heavy atom. The molecule has 0 aliphatic rings. The molecule has 2 N–H and O–H groups in total. The zero-order chi connectivity index (χ0) is 15.8. The second kappa shape index (κ2) is 8.24. The predicted molar refractivity (Wildman–Crippen MR) is 93.4 cm³/mol. The highest BCUT2D eigenvalue weighted by atomic mass is 79.9. The van der Waals surface area contributed by atoms with Crippen molar-refractivity contribution in [2.24, 2.45) is 0 Å². The molecule has 0 aliphatic heterocycles. The van der Waals surface area contributed by atoms with E-state index in [1.165, 1.54) is 0 Å². The van der Waals surface area contributed by atoms with Gasteiger partial charge >= 0.3 is 0 Å². The maximum atomic E-state index is 11.9. The van der Waals surface area contributed by atoms with Crippen LogP contribution in [0.4, 0.5) is 11.4 Å². The fourth-order valence-electron chi connectivity index (χ4n) is 1.77. The number of hydrogen-bond acceptors (Lipinski definition) is 3. The van der Waals surface area contributed by atoms with Crippen molar-refractivity contribution in [1.29, 1.82) is 0 Å². The van der Waals surface area contributed by atoms with Crippen LogP contribution in [0, 0.1) is 0 Å². The molecule has 2 aromatic rings. The number of halogens is 1. The lowest BCUT2D eigenvalue weighted by atomic mass is 10.3. The van der Waals surface area contributed by atoms with Crippen molar-refractivity contribution in [2.75, 3.05) is 23.8 Å². The Kier molecular flexibility index (Phi) is 6.03. The predicted octanol–water partition coefficient (Wildman–Crippen LogP) is 4.06. The minimum Gasteiger partial charge on any atom is -0.490 e. The summed E-state index contributed by atoms with van der Waals surface area (Å²) in [5.74, 6) is 0.625. The number of nitrogens with one attached hydrogen (secondary N) is 2. The Hall–Kier alpha value is -2.27. The number of carbonyl (C=O) groups is 1. The first-order valence-electron chi connectivity index (χ1n) is 6.81. The van der Waals surface area contributed by atoms with Gasteiger partial charge in [-0.3, -0.25) is 4.79 Å². The van der Waals surface area contributed by atoms with Gasteiger partial charge in [0.25, 0.3) is 0 Å². The summed E-state index contributed by atoms with van der Waals surface area (Å²) in [6.07, 6.45) is 1.68. The topological polar surface area (TPSA) is 50.4 Å². The largest absolute Gasteiger partial charge is 0.490 e. The third-order valence-electron chi connectivity index (χ3n) is 2.82. The molecular weight excluding hydrogens is 344 g/mol. The van der Waals surface area contributed by atoms with Crippen molar-refractivity contribution in [3.63, 3.8) is 0 Å². The maximum Gasteiger partial charge on any atom is 0.243 e. The first-order chi connectivity index (χ1) is 10.7. The van der Waals surface area contributed by atoms with Gasteiger partial charge in [0.15, 0.2) is 0 Å². The lowest BCUT2D eigenvalue weighted by Gasteiger charge is -2.10. The molecule has 0 heterocycles. The molecule has 0 aromatic heterocycles. The van der Waals surface area contributed by atoms with E-state index in [1.54, 1.807) is 30.3 Å². The molecule has 1 amide bonds. The van der Waals surface area contributed by atoms with Gasteiger partial charge in [-0.05, 0) is 52.3 Å². The van der Waals surface area contributed by atoms with E-state index in [0.717, 1.165) is 21.6 Å². The summed E-state index contributed by atoms with van der Waals surface area (Å²) in [6, 6.07) is 14.9. The van der Waals surface area contributed by atoms with Crippen LogP contribution in [0.3, 0.4) is 0 Å². The molecule has 0 spiro atoms. The molecule has 0 saturated heterocycles. The van der Waals surface area contributed by atoms with Gasteiger partial charge in [0, 0.05) is 15.8 Å². The first-order valence-corrected chi connectivity index (χ1v) is 7.60. The molecule has 0 unspecified atom stereocenters. The van der Waals surface area contributed by atoms with E-state index < -0.39 is 0 Å². The number of carbonyl (C=O) groups excluding carboxylic acids is 1. The molecule has 0 aliphatic carbocycles. The van der Waals surface area contributed by atoms with Gasteiger partial charge in [-0.15, -0.1) is 0 Å². The van der Waals surface area contributed by atoms with E-state index >= 15 is 0 Å². The van der Waals surface area contributed by atoms with Crippen molar-refractivity contribution < 1.29 is 9.53 Å². The van der Waals surface area contributed by atoms with E-state index in [1.807, 2.05) is 24.3 Å². The van der Waals surface area contributed by atoms with E-state index in [9.17, 15) is 4.79 Å². The van der Waals surface area contributed by atoms with Gasteiger partial charge in [-0.2, -0.15) is 0 Å². The molecule has 0 atom stereocenters. The Bertz CT molecular complexity index is 641. The zero-order valence-electron chi connectivity index (χ0n) is 12.0. The van der Waals surface area contributed by atoms with E-state index in [-0.39, 0.29) is 12.5 Å². The second-order valence-electron chi connectivity index (χ2n) is 4.51. The number of rotatable bonds is 7. The molecule has 2 rings (SSSR count). The average Bonchev–Trinajstić information content (AvgIpc) is 2.53. The molecule has 0 fully saturated rings. The van der Waals surface area contributed by atoms with Crippen LogP contribution in [0.5, 0.6) is 5.75 Å². The van der Waals surface area contributed by atoms with Crippen LogP contribution in [-0.4, -0.2) is 19.1 Å². The highest BCUT2D eigenvalue weighted by molar-refractivity contribution is 9.10. The lowest BCUT2D eigenvalue weighted by Crippen LogP contribution is -2.21. The normalized spacial score (nSPS) is 9.86. The van der Waals surface area contributed by atoms with Crippen LogP contribution in [0.25, 0.3) is 0 Å². The highest BCUT2D eigenvalue weighted by Gasteiger charge is 2.04. The maximum absolute atomic E-state index is 11.9. The number of benzene rings is 2. The minimum atomic E-state index is -0.115. The van der Waals surface area contributed by atoms with Gasteiger partial charge in [0.1, 0.15) is 12.4 Å². The first kappa shape index (κ1) is 16.1. The molecule has 4 nitrogen and oxygen atoms in total. The van der Waals surface area contributed by atoms with Crippen LogP contribution in [0.2, 0.25) is 0 Å². The Balaban J connectivity index is 1.84. The molecule has 114 valence electrons. The number of hydrogen-bond donors (Lipinski definition) is 2. The van der Waals surface area contributed by atoms with Crippen molar-refractivity contribution >= 4 is 33.2 Å². The summed E-state index contributed by atoms with van der Waals surface area (Å²) in [6.45, 7) is 4.24. The number of ether oxygens (including phenoxy) is 1. The van der Waals surface area contributed by atoms with Crippen LogP contribution in [0.15, 0.2) is 65.7 Å². The highest BCUT2D eigenvalue weighted by Crippen LogP contribution is 2.21. The number of anilines is 2. The summed E-state index contributed by atoms with van der Waals surface area (Å²) >= 11 is 3.43. The lowest BCUT2D eigenvalue weighted by molar-refractivity contribution is -0.114. The number of amides is 1. The molecule has 0 radical (unpaired) electrons. The molecule has 0 bridgehead atoms. The van der Waals surface area contributed by atoms with Gasteiger partial charge in [-0.25, -0.2) is 0 Å². The number of para-hydroxylation sites is 1. The third kappa shape index (κ3) is 4.93. The molecular formula is C17H17BrN2O2. The average molecular weight is 361 g/mol. The summed E-state index contributed by atoms with van der Waals surface area (Å²) in [4.78, 5) is 11.9. The van der Waals surface area contributed by atoms with Crippen molar-refractivity contribution in [3.05, 3.63) is 65.7 Å². The summed E-state index contributed by atoms with van der Waals surface area (Å²) in [7, 11) is 0. The van der Waals surface area contributed by atoms with E-state index in [2.05, 4.69) is 33.1 Å². The van der Waals surface area contributed by atoms with Crippen LogP contribution in [-0.2, 0) is 4.79 Å². The molecule has 2 aromatic carbocycles. The molecule has 22 heavy (non-hydrogen) atoms. The SMILES string of the molecule is C=CCOc1ccc(NC(=O)CNc2ccccc2Br)cc1. The molecule has 0 saturated carbocycles. The van der Waals surface area contributed by atoms with Gasteiger partial charge in [0.2, 0.25) is 5.91 Å². The zero-order valence-corrected chi connectivity index (χ0v) is 13.6. The monoisotopic (exact) mass is 360 g/mol.